The summed E-state index contributed by atoms with van der Waals surface area (Å²) in [6.07, 6.45) is 0.937. The van der Waals surface area contributed by atoms with Crippen LogP contribution in [0.2, 0.25) is 0 Å². The smallest absolute Gasteiger partial charge is 0.272 e. The first-order valence-electron chi connectivity index (χ1n) is 7.26. The molecule has 0 saturated carbocycles. The molecule has 2 aromatic carbocycles. The van der Waals surface area contributed by atoms with Crippen LogP contribution >= 0.6 is 0 Å². The average Bonchev–Trinajstić information content (AvgIpc) is 2.93. The molecule has 1 aliphatic heterocycles. The highest BCUT2D eigenvalue weighted by atomic mass is 16.1. The summed E-state index contributed by atoms with van der Waals surface area (Å²) in [7, 11) is 0. The zero-order valence-electron chi connectivity index (χ0n) is 11.7. The second-order valence-corrected chi connectivity index (χ2v) is 5.48. The topological polar surface area (TPSA) is 36.1 Å². The Balaban J connectivity index is 1.81. The number of hydrogen-bond acceptors (Lipinski definition) is 2. The van der Waals surface area contributed by atoms with E-state index in [2.05, 4.69) is 28.1 Å². The number of fused-ring (bicyclic) bond motifs is 3. The fourth-order valence-electron chi connectivity index (χ4n) is 3.21. The van der Waals surface area contributed by atoms with Crippen molar-refractivity contribution in [3.05, 3.63) is 76.1 Å². The van der Waals surface area contributed by atoms with Crippen molar-refractivity contribution >= 4 is 16.6 Å². The van der Waals surface area contributed by atoms with Gasteiger partial charge in [0.15, 0.2) is 0 Å². The highest BCUT2D eigenvalue weighted by Crippen LogP contribution is 2.30. The molecule has 2 heterocycles. The van der Waals surface area contributed by atoms with Gasteiger partial charge in [0.05, 0.1) is 0 Å². The standard InChI is InChI=1S/C18H16N2O/c21-18-17-15(14-8-4-5-9-16(14)19-18)10-11-20(17)12-13-6-2-1-3-7-13/h1-9H,10-12H2,(H,19,21). The van der Waals surface area contributed by atoms with Gasteiger partial charge in [0.2, 0.25) is 0 Å². The Morgan fingerprint density at radius 2 is 1.76 bits per heavy atom. The molecule has 1 aliphatic rings. The van der Waals surface area contributed by atoms with Crippen LogP contribution in [-0.2, 0) is 13.0 Å². The van der Waals surface area contributed by atoms with Crippen molar-refractivity contribution in [2.24, 2.45) is 0 Å². The highest BCUT2D eigenvalue weighted by molar-refractivity contribution is 5.87. The van der Waals surface area contributed by atoms with Crippen molar-refractivity contribution < 1.29 is 0 Å². The van der Waals surface area contributed by atoms with E-state index in [1.165, 1.54) is 16.5 Å². The van der Waals surface area contributed by atoms with Crippen LogP contribution in [0, 0.1) is 0 Å². The number of aromatic nitrogens is 1. The van der Waals surface area contributed by atoms with Gasteiger partial charge in [-0.2, -0.15) is 0 Å². The Morgan fingerprint density at radius 3 is 2.62 bits per heavy atom. The summed E-state index contributed by atoms with van der Waals surface area (Å²) in [4.78, 5) is 17.6. The van der Waals surface area contributed by atoms with Crippen molar-refractivity contribution in [1.29, 1.82) is 0 Å². The fraction of sp³-hybridized carbons (Fsp3) is 0.167. The first-order valence-corrected chi connectivity index (χ1v) is 7.26. The molecular formula is C18H16N2O. The molecule has 3 heteroatoms. The number of nitrogens with zero attached hydrogens (tertiary/aromatic N) is 1. The van der Waals surface area contributed by atoms with Crippen LogP contribution in [0.5, 0.6) is 0 Å². The van der Waals surface area contributed by atoms with Crippen LogP contribution < -0.4 is 10.5 Å². The van der Waals surface area contributed by atoms with Gasteiger partial charge >= 0.3 is 0 Å². The molecule has 21 heavy (non-hydrogen) atoms. The fourth-order valence-corrected chi connectivity index (χ4v) is 3.21. The van der Waals surface area contributed by atoms with Gasteiger partial charge in [-0.15, -0.1) is 0 Å². The Kier molecular flexibility index (Phi) is 2.78. The summed E-state index contributed by atoms with van der Waals surface area (Å²) in [6, 6.07) is 18.4. The lowest BCUT2D eigenvalue weighted by molar-refractivity contribution is 0.832. The minimum absolute atomic E-state index is 0.0251. The first-order chi connectivity index (χ1) is 10.3. The molecule has 0 fully saturated rings. The summed E-state index contributed by atoms with van der Waals surface area (Å²) < 4.78 is 0. The van der Waals surface area contributed by atoms with E-state index in [9.17, 15) is 4.79 Å². The molecule has 0 atom stereocenters. The van der Waals surface area contributed by atoms with Gasteiger partial charge in [0.25, 0.3) is 5.56 Å². The van der Waals surface area contributed by atoms with Gasteiger partial charge < -0.3 is 9.88 Å². The van der Waals surface area contributed by atoms with Crippen LogP contribution in [0.15, 0.2) is 59.4 Å². The van der Waals surface area contributed by atoms with E-state index in [0.717, 1.165) is 30.7 Å². The van der Waals surface area contributed by atoms with Gasteiger partial charge in [-0.1, -0.05) is 48.5 Å². The lowest BCUT2D eigenvalue weighted by Gasteiger charge is -2.18. The van der Waals surface area contributed by atoms with E-state index >= 15 is 0 Å². The zero-order valence-corrected chi connectivity index (χ0v) is 11.7. The lowest BCUT2D eigenvalue weighted by atomic mass is 10.1. The van der Waals surface area contributed by atoms with Gasteiger partial charge in [0.1, 0.15) is 5.69 Å². The van der Waals surface area contributed by atoms with Gasteiger partial charge in [0, 0.05) is 24.0 Å². The first kappa shape index (κ1) is 12.2. The normalized spacial score (nSPS) is 13.6. The Hall–Kier alpha value is -2.55. The van der Waals surface area contributed by atoms with Crippen molar-refractivity contribution in [3.63, 3.8) is 0 Å². The third-order valence-electron chi connectivity index (χ3n) is 4.17. The quantitative estimate of drug-likeness (QED) is 0.780. The van der Waals surface area contributed by atoms with E-state index in [0.29, 0.717) is 0 Å². The van der Waals surface area contributed by atoms with Crippen LogP contribution in [0.1, 0.15) is 11.1 Å². The van der Waals surface area contributed by atoms with Crippen LogP contribution in [0.25, 0.3) is 10.9 Å². The molecule has 0 aliphatic carbocycles. The molecule has 3 nitrogen and oxygen atoms in total. The summed E-state index contributed by atoms with van der Waals surface area (Å²) in [5.41, 5.74) is 4.22. The Morgan fingerprint density at radius 1 is 1.00 bits per heavy atom. The van der Waals surface area contributed by atoms with Crippen LogP contribution in [-0.4, -0.2) is 11.5 Å². The maximum Gasteiger partial charge on any atom is 0.272 e. The molecule has 4 rings (SSSR count). The number of aromatic amines is 1. The number of hydrogen-bond donors (Lipinski definition) is 1. The number of nitrogens with one attached hydrogen (secondary N) is 1. The minimum Gasteiger partial charge on any atom is -0.362 e. The molecule has 104 valence electrons. The lowest BCUT2D eigenvalue weighted by Crippen LogP contribution is -2.25. The van der Waals surface area contributed by atoms with Crippen molar-refractivity contribution in [1.82, 2.24) is 4.98 Å². The monoisotopic (exact) mass is 276 g/mol. The Bertz CT molecular complexity index is 852. The third kappa shape index (κ3) is 2.02. The molecule has 0 radical (unpaired) electrons. The van der Waals surface area contributed by atoms with Crippen molar-refractivity contribution in [3.8, 4) is 0 Å². The maximum absolute atomic E-state index is 12.4. The van der Waals surface area contributed by atoms with Crippen molar-refractivity contribution in [2.45, 2.75) is 13.0 Å². The van der Waals surface area contributed by atoms with Crippen molar-refractivity contribution in [2.75, 3.05) is 11.4 Å². The van der Waals surface area contributed by atoms with Gasteiger partial charge in [-0.25, -0.2) is 0 Å². The maximum atomic E-state index is 12.4. The molecule has 0 amide bonds. The summed E-state index contributed by atoms with van der Waals surface area (Å²) in [6.45, 7) is 1.69. The summed E-state index contributed by atoms with van der Waals surface area (Å²) in [5.74, 6) is 0. The van der Waals surface area contributed by atoms with Crippen LogP contribution in [0.4, 0.5) is 5.69 Å². The molecule has 0 bridgehead atoms. The molecule has 3 aromatic rings. The number of para-hydroxylation sites is 1. The predicted octanol–water partition coefficient (Wildman–Crippen LogP) is 3.09. The molecular weight excluding hydrogens is 260 g/mol. The Labute approximate surface area is 122 Å². The van der Waals surface area contributed by atoms with Crippen LogP contribution in [0.3, 0.4) is 0 Å². The minimum atomic E-state index is 0.0251. The molecule has 1 N–H and O–H groups in total. The largest absolute Gasteiger partial charge is 0.362 e. The van der Waals surface area contributed by atoms with E-state index < -0.39 is 0 Å². The van der Waals surface area contributed by atoms with Gasteiger partial charge in [-0.3, -0.25) is 4.79 Å². The highest BCUT2D eigenvalue weighted by Gasteiger charge is 2.24. The molecule has 0 spiro atoms. The zero-order chi connectivity index (χ0) is 14.2. The number of benzene rings is 2. The SMILES string of the molecule is O=c1[nH]c2ccccc2c2c1N(Cc1ccccc1)CC2. The predicted molar refractivity (Wildman–Crippen MR) is 85.8 cm³/mol. The second kappa shape index (κ2) is 4.77. The number of anilines is 1. The van der Waals surface area contributed by atoms with E-state index in [1.807, 2.05) is 36.4 Å². The van der Waals surface area contributed by atoms with E-state index in [-0.39, 0.29) is 5.56 Å². The summed E-state index contributed by atoms with van der Waals surface area (Å²) >= 11 is 0. The van der Waals surface area contributed by atoms with Gasteiger partial charge in [-0.05, 0) is 23.6 Å². The molecule has 0 unspecified atom stereocenters. The second-order valence-electron chi connectivity index (χ2n) is 5.48. The number of pyridine rings is 1. The number of rotatable bonds is 2. The van der Waals surface area contributed by atoms with E-state index in [1.54, 1.807) is 0 Å². The van der Waals surface area contributed by atoms with E-state index in [4.69, 9.17) is 0 Å². The molecule has 1 aromatic heterocycles. The molecule has 0 saturated heterocycles. The third-order valence-corrected chi connectivity index (χ3v) is 4.17. The average molecular weight is 276 g/mol. The summed E-state index contributed by atoms with van der Waals surface area (Å²) in [5, 5.41) is 1.17. The number of H-pyrrole nitrogens is 1.